The molecule has 0 aliphatic heterocycles. The minimum atomic E-state index is -0.216. The van der Waals surface area contributed by atoms with Crippen LogP contribution in [0.3, 0.4) is 0 Å². The molecule has 0 saturated carbocycles. The number of carbonyl (C=O) groups excluding carboxylic acids is 1. The first-order valence-electron chi connectivity index (χ1n) is 6.42. The van der Waals surface area contributed by atoms with Gasteiger partial charge in [0.2, 0.25) is 0 Å². The van der Waals surface area contributed by atoms with Gasteiger partial charge >= 0.3 is 0 Å². The van der Waals surface area contributed by atoms with Crippen molar-refractivity contribution in [3.05, 3.63) is 59.4 Å². The summed E-state index contributed by atoms with van der Waals surface area (Å²) in [4.78, 5) is 15.9. The van der Waals surface area contributed by atoms with E-state index in [0.717, 1.165) is 5.56 Å². The number of nitriles is 1. The Morgan fingerprint density at radius 2 is 1.85 bits per heavy atom. The van der Waals surface area contributed by atoms with Crippen molar-refractivity contribution in [1.82, 2.24) is 4.98 Å². The Morgan fingerprint density at radius 3 is 2.40 bits per heavy atom. The number of carbonyl (C=O) groups is 1. The van der Waals surface area contributed by atoms with Crippen molar-refractivity contribution < 1.29 is 4.79 Å². The molecule has 0 bridgehead atoms. The Hall–Kier alpha value is -2.67. The Bertz CT molecular complexity index is 612. The maximum Gasteiger partial charge on any atom is 0.255 e. The second-order valence-corrected chi connectivity index (χ2v) is 3.89. The van der Waals surface area contributed by atoms with Crippen LogP contribution in [0, 0.1) is 18.3 Å². The van der Waals surface area contributed by atoms with E-state index in [0.29, 0.717) is 16.8 Å². The lowest BCUT2D eigenvalue weighted by atomic mass is 10.1. The van der Waals surface area contributed by atoms with Gasteiger partial charge in [0.05, 0.1) is 23.5 Å². The van der Waals surface area contributed by atoms with Gasteiger partial charge in [-0.2, -0.15) is 5.26 Å². The standard InChI is InChI=1S/C14H11N3O.C2H6/c1-10-6-13(9-16-8-10)17-14(18)12-4-2-11(7-15)3-5-12;1-2/h2-6,8-9H,1H3,(H,17,18);1-2H3. The third-order valence-electron chi connectivity index (χ3n) is 2.41. The quantitative estimate of drug-likeness (QED) is 0.905. The number of hydrogen-bond acceptors (Lipinski definition) is 3. The summed E-state index contributed by atoms with van der Waals surface area (Å²) in [5.74, 6) is -0.216. The molecule has 1 amide bonds. The number of amides is 1. The molecule has 102 valence electrons. The van der Waals surface area contributed by atoms with Gasteiger partial charge in [0.15, 0.2) is 0 Å². The molecule has 0 aliphatic carbocycles. The highest BCUT2D eigenvalue weighted by Crippen LogP contribution is 2.10. The Morgan fingerprint density at radius 1 is 1.20 bits per heavy atom. The van der Waals surface area contributed by atoms with Crippen LogP contribution in [0.1, 0.15) is 35.3 Å². The number of hydrogen-bond donors (Lipinski definition) is 1. The fourth-order valence-electron chi connectivity index (χ4n) is 1.52. The monoisotopic (exact) mass is 267 g/mol. The number of nitrogens with one attached hydrogen (secondary N) is 1. The van der Waals surface area contributed by atoms with Crippen molar-refractivity contribution >= 4 is 11.6 Å². The highest BCUT2D eigenvalue weighted by molar-refractivity contribution is 6.04. The Labute approximate surface area is 119 Å². The van der Waals surface area contributed by atoms with Gasteiger partial charge in [-0.05, 0) is 42.8 Å². The van der Waals surface area contributed by atoms with E-state index < -0.39 is 0 Å². The zero-order valence-electron chi connectivity index (χ0n) is 11.8. The second-order valence-electron chi connectivity index (χ2n) is 3.89. The molecule has 2 rings (SSSR count). The molecule has 0 unspecified atom stereocenters. The molecule has 1 N–H and O–H groups in total. The van der Waals surface area contributed by atoms with Crippen LogP contribution in [0.2, 0.25) is 0 Å². The van der Waals surface area contributed by atoms with E-state index in [9.17, 15) is 4.79 Å². The molecule has 0 fully saturated rings. The van der Waals surface area contributed by atoms with Gasteiger partial charge in [0, 0.05) is 11.8 Å². The summed E-state index contributed by atoms with van der Waals surface area (Å²) in [5.41, 5.74) is 2.68. The highest BCUT2D eigenvalue weighted by atomic mass is 16.1. The summed E-state index contributed by atoms with van der Waals surface area (Å²) < 4.78 is 0. The number of benzene rings is 1. The summed E-state index contributed by atoms with van der Waals surface area (Å²) in [6.45, 7) is 5.91. The maximum absolute atomic E-state index is 11.9. The zero-order chi connectivity index (χ0) is 15.0. The molecule has 1 aromatic heterocycles. The number of aryl methyl sites for hydroxylation is 1. The molecular weight excluding hydrogens is 250 g/mol. The van der Waals surface area contributed by atoms with Crippen molar-refractivity contribution in [2.45, 2.75) is 20.8 Å². The lowest BCUT2D eigenvalue weighted by Gasteiger charge is -2.05. The first-order chi connectivity index (χ1) is 9.69. The average Bonchev–Trinajstić information content (AvgIpc) is 2.49. The molecule has 2 aromatic rings. The largest absolute Gasteiger partial charge is 0.321 e. The first kappa shape index (κ1) is 15.4. The van der Waals surface area contributed by atoms with Crippen LogP contribution >= 0.6 is 0 Å². The Balaban J connectivity index is 0.000000956. The molecular formula is C16H17N3O. The van der Waals surface area contributed by atoms with Crippen LogP contribution in [0.25, 0.3) is 0 Å². The molecule has 0 spiro atoms. The van der Waals surface area contributed by atoms with Gasteiger partial charge in [0.25, 0.3) is 5.91 Å². The molecule has 20 heavy (non-hydrogen) atoms. The first-order valence-corrected chi connectivity index (χ1v) is 6.42. The van der Waals surface area contributed by atoms with Crippen LogP contribution in [-0.4, -0.2) is 10.9 Å². The summed E-state index contributed by atoms with van der Waals surface area (Å²) in [6, 6.07) is 10.3. The van der Waals surface area contributed by atoms with Gasteiger partial charge in [0.1, 0.15) is 0 Å². The van der Waals surface area contributed by atoms with Gasteiger partial charge in [-0.1, -0.05) is 13.8 Å². The van der Waals surface area contributed by atoms with Crippen LogP contribution in [-0.2, 0) is 0 Å². The van der Waals surface area contributed by atoms with E-state index in [2.05, 4.69) is 10.3 Å². The van der Waals surface area contributed by atoms with Gasteiger partial charge in [-0.25, -0.2) is 0 Å². The minimum Gasteiger partial charge on any atom is -0.321 e. The predicted molar refractivity (Wildman–Crippen MR) is 79.4 cm³/mol. The summed E-state index contributed by atoms with van der Waals surface area (Å²) in [5, 5.41) is 11.4. The van der Waals surface area contributed by atoms with Gasteiger partial charge in [-0.3, -0.25) is 9.78 Å². The van der Waals surface area contributed by atoms with E-state index in [1.807, 2.05) is 32.9 Å². The van der Waals surface area contributed by atoms with Crippen LogP contribution < -0.4 is 5.32 Å². The molecule has 4 heteroatoms. The molecule has 4 nitrogen and oxygen atoms in total. The average molecular weight is 267 g/mol. The number of anilines is 1. The third-order valence-corrected chi connectivity index (χ3v) is 2.41. The topological polar surface area (TPSA) is 65.8 Å². The number of aromatic nitrogens is 1. The number of nitrogens with zero attached hydrogens (tertiary/aromatic N) is 2. The zero-order valence-corrected chi connectivity index (χ0v) is 11.8. The van der Waals surface area contributed by atoms with Crippen molar-refractivity contribution in [3.63, 3.8) is 0 Å². The molecule has 1 aromatic carbocycles. The number of rotatable bonds is 2. The lowest BCUT2D eigenvalue weighted by molar-refractivity contribution is 0.102. The third kappa shape index (κ3) is 4.21. The maximum atomic E-state index is 11.9. The second kappa shape index (κ2) is 7.70. The Kier molecular flexibility index (Phi) is 5.92. The van der Waals surface area contributed by atoms with Crippen molar-refractivity contribution in [3.8, 4) is 6.07 Å². The van der Waals surface area contributed by atoms with E-state index in [1.54, 1.807) is 36.7 Å². The molecule has 0 atom stereocenters. The van der Waals surface area contributed by atoms with Gasteiger partial charge < -0.3 is 5.32 Å². The van der Waals surface area contributed by atoms with E-state index in [-0.39, 0.29) is 5.91 Å². The molecule has 0 saturated heterocycles. The normalized spacial score (nSPS) is 8.90. The highest BCUT2D eigenvalue weighted by Gasteiger charge is 2.06. The van der Waals surface area contributed by atoms with Crippen LogP contribution in [0.15, 0.2) is 42.7 Å². The van der Waals surface area contributed by atoms with E-state index >= 15 is 0 Å². The summed E-state index contributed by atoms with van der Waals surface area (Å²) >= 11 is 0. The minimum absolute atomic E-state index is 0.216. The van der Waals surface area contributed by atoms with Crippen LogP contribution in [0.5, 0.6) is 0 Å². The van der Waals surface area contributed by atoms with Crippen LogP contribution in [0.4, 0.5) is 5.69 Å². The smallest absolute Gasteiger partial charge is 0.255 e. The molecule has 0 aliphatic rings. The SMILES string of the molecule is CC.Cc1cncc(NC(=O)c2ccc(C#N)cc2)c1. The molecule has 0 radical (unpaired) electrons. The fraction of sp³-hybridized carbons (Fsp3) is 0.188. The predicted octanol–water partition coefficient (Wildman–Crippen LogP) is 3.54. The van der Waals surface area contributed by atoms with E-state index in [1.165, 1.54) is 0 Å². The summed E-state index contributed by atoms with van der Waals surface area (Å²) in [6.07, 6.45) is 3.31. The van der Waals surface area contributed by atoms with E-state index in [4.69, 9.17) is 5.26 Å². The molecule has 1 heterocycles. The fourth-order valence-corrected chi connectivity index (χ4v) is 1.52. The number of pyridine rings is 1. The van der Waals surface area contributed by atoms with Crippen molar-refractivity contribution in [2.75, 3.05) is 5.32 Å². The van der Waals surface area contributed by atoms with Crippen molar-refractivity contribution in [2.24, 2.45) is 0 Å². The van der Waals surface area contributed by atoms with Crippen molar-refractivity contribution in [1.29, 1.82) is 5.26 Å². The van der Waals surface area contributed by atoms with Gasteiger partial charge in [-0.15, -0.1) is 0 Å². The lowest BCUT2D eigenvalue weighted by Crippen LogP contribution is -2.12. The summed E-state index contributed by atoms with van der Waals surface area (Å²) in [7, 11) is 0.